The average Bonchev–Trinajstić information content (AvgIpc) is 3.64. The fourth-order valence-electron chi connectivity index (χ4n) is 7.70. The predicted molar refractivity (Wildman–Crippen MR) is 222 cm³/mol. The fourth-order valence-corrected chi connectivity index (χ4v) is 8.81. The quantitative estimate of drug-likeness (QED) is 0.107. The maximum Gasteiger partial charge on any atom is 0.293 e. The first kappa shape index (κ1) is 39.1. The van der Waals surface area contributed by atoms with Gasteiger partial charge in [-0.2, -0.15) is 0 Å². The number of ether oxygens (including phenoxy) is 1. The Bertz CT molecular complexity index is 2330. The highest BCUT2D eigenvalue weighted by Crippen LogP contribution is 2.43. The molecule has 11 nitrogen and oxygen atoms in total. The number of sulfonamides is 1. The molecule has 0 spiro atoms. The molecule has 3 aliphatic rings. The van der Waals surface area contributed by atoms with Gasteiger partial charge < -0.3 is 15.0 Å². The standard InChI is InChI=1S/C43H46ClN5O6S/c1-4-45-39-17-15-36(26-40(39)49(51)52)56(53,54)46-42(50)37-16-13-34(25-41(37)55-35-14-10-29-6-5-7-31(29)24-35)48-22-20-47(21-23-48)28-32-18-19-43(2,3)27-38(32)30-8-11-33(44)12-9-30/h5,7-17,24-26,45H,4,6,18-23,27-28H2,1-3H3,(H,46,50). The molecule has 2 aliphatic carbocycles. The van der Waals surface area contributed by atoms with Crippen LogP contribution >= 0.6 is 11.6 Å². The topological polar surface area (TPSA) is 134 Å². The van der Waals surface area contributed by atoms with Crippen LogP contribution in [0, 0.1) is 15.5 Å². The van der Waals surface area contributed by atoms with Crippen molar-refractivity contribution in [2.75, 3.05) is 49.5 Å². The molecule has 1 aliphatic heterocycles. The highest BCUT2D eigenvalue weighted by atomic mass is 35.5. The van der Waals surface area contributed by atoms with E-state index >= 15 is 0 Å². The second-order valence-electron chi connectivity index (χ2n) is 15.3. The van der Waals surface area contributed by atoms with Crippen LogP contribution in [-0.4, -0.2) is 63.4 Å². The number of nitrogens with one attached hydrogen (secondary N) is 2. The molecule has 1 amide bonds. The van der Waals surface area contributed by atoms with Crippen LogP contribution in [0.2, 0.25) is 5.02 Å². The van der Waals surface area contributed by atoms with E-state index in [0.717, 1.165) is 86.3 Å². The molecule has 4 aromatic carbocycles. The lowest BCUT2D eigenvalue weighted by molar-refractivity contribution is -0.384. The maximum atomic E-state index is 13.8. The lowest BCUT2D eigenvalue weighted by atomic mass is 9.72. The number of rotatable bonds is 12. The third-order valence-corrected chi connectivity index (χ3v) is 12.4. The summed E-state index contributed by atoms with van der Waals surface area (Å²) in [5, 5.41) is 15.3. The minimum Gasteiger partial charge on any atom is -0.456 e. The number of carbonyl (C=O) groups excluding carboxylic acids is 1. The van der Waals surface area contributed by atoms with E-state index in [2.05, 4.69) is 51.9 Å². The lowest BCUT2D eigenvalue weighted by Crippen LogP contribution is -2.47. The Morgan fingerprint density at radius 1 is 0.982 bits per heavy atom. The van der Waals surface area contributed by atoms with Gasteiger partial charge in [0.15, 0.2) is 0 Å². The van der Waals surface area contributed by atoms with Crippen LogP contribution in [0.4, 0.5) is 17.1 Å². The summed E-state index contributed by atoms with van der Waals surface area (Å²) in [6, 6.07) is 22.5. The molecule has 0 unspecified atom stereocenters. The van der Waals surface area contributed by atoms with E-state index in [1.807, 2.05) is 36.4 Å². The molecule has 2 N–H and O–H groups in total. The summed E-state index contributed by atoms with van der Waals surface area (Å²) in [5.74, 6) is -0.226. The van der Waals surface area contributed by atoms with Crippen LogP contribution in [0.1, 0.15) is 67.1 Å². The molecule has 13 heteroatoms. The number of fused-ring (bicyclic) bond motifs is 1. The van der Waals surface area contributed by atoms with Crippen molar-refractivity contribution in [2.24, 2.45) is 5.41 Å². The van der Waals surface area contributed by atoms with Crippen molar-refractivity contribution < 1.29 is 22.9 Å². The monoisotopic (exact) mass is 795 g/mol. The molecule has 56 heavy (non-hydrogen) atoms. The smallest absolute Gasteiger partial charge is 0.293 e. The second-order valence-corrected chi connectivity index (χ2v) is 17.5. The van der Waals surface area contributed by atoms with E-state index in [1.54, 1.807) is 25.1 Å². The van der Waals surface area contributed by atoms with Crippen molar-refractivity contribution in [3.05, 3.63) is 128 Å². The third-order valence-electron chi connectivity index (χ3n) is 10.8. The van der Waals surface area contributed by atoms with E-state index in [0.29, 0.717) is 12.3 Å². The summed E-state index contributed by atoms with van der Waals surface area (Å²) >= 11 is 6.23. The number of allylic oxidation sites excluding steroid dienone is 2. The molecule has 0 radical (unpaired) electrons. The van der Waals surface area contributed by atoms with Crippen molar-refractivity contribution in [3.8, 4) is 11.5 Å². The van der Waals surface area contributed by atoms with Crippen LogP contribution in [0.25, 0.3) is 11.6 Å². The molecule has 1 saturated heterocycles. The summed E-state index contributed by atoms with van der Waals surface area (Å²) in [6.07, 6.45) is 8.14. The van der Waals surface area contributed by atoms with Crippen molar-refractivity contribution in [3.63, 3.8) is 0 Å². The lowest BCUT2D eigenvalue weighted by Gasteiger charge is -2.39. The SMILES string of the molecule is CCNc1ccc(S(=O)(=O)NC(=O)c2ccc(N3CCN(CC4=C(c5ccc(Cl)cc5)CC(C)(C)CC4)CC3)cc2Oc2ccc3c(c2)C=CC3)cc1[N+](=O)[O-]. The van der Waals surface area contributed by atoms with Gasteiger partial charge in [0.05, 0.1) is 15.4 Å². The predicted octanol–water partition coefficient (Wildman–Crippen LogP) is 8.95. The Morgan fingerprint density at radius 3 is 2.48 bits per heavy atom. The van der Waals surface area contributed by atoms with Crippen LogP contribution in [-0.2, 0) is 16.4 Å². The number of nitro groups is 1. The number of benzene rings is 4. The number of halogens is 1. The van der Waals surface area contributed by atoms with E-state index in [-0.39, 0.29) is 22.4 Å². The number of anilines is 2. The van der Waals surface area contributed by atoms with Crippen molar-refractivity contribution in [2.45, 2.75) is 51.3 Å². The maximum absolute atomic E-state index is 13.8. The Hall–Kier alpha value is -5.17. The number of amides is 1. The molecule has 1 fully saturated rings. The van der Waals surface area contributed by atoms with Crippen molar-refractivity contribution in [1.82, 2.24) is 9.62 Å². The van der Waals surface area contributed by atoms with Gasteiger partial charge in [-0.1, -0.05) is 61.4 Å². The highest BCUT2D eigenvalue weighted by Gasteiger charge is 2.30. The Balaban J connectivity index is 1.11. The first-order valence-electron chi connectivity index (χ1n) is 18.9. The zero-order valence-corrected chi connectivity index (χ0v) is 33.4. The average molecular weight is 796 g/mol. The molecular weight excluding hydrogens is 750 g/mol. The normalized spacial score (nSPS) is 16.8. The Labute approximate surface area is 333 Å². The molecule has 1 heterocycles. The largest absolute Gasteiger partial charge is 0.456 e. The highest BCUT2D eigenvalue weighted by molar-refractivity contribution is 7.90. The van der Waals surface area contributed by atoms with Crippen LogP contribution < -0.4 is 19.7 Å². The number of hydrogen-bond donors (Lipinski definition) is 2. The van der Waals surface area contributed by atoms with Gasteiger partial charge in [-0.15, -0.1) is 0 Å². The zero-order chi connectivity index (χ0) is 39.6. The molecule has 0 atom stereocenters. The first-order valence-corrected chi connectivity index (χ1v) is 20.8. The van der Waals surface area contributed by atoms with E-state index in [1.165, 1.54) is 28.8 Å². The number of hydrogen-bond acceptors (Lipinski definition) is 9. The molecule has 292 valence electrons. The summed E-state index contributed by atoms with van der Waals surface area (Å²) < 4.78 is 35.4. The van der Waals surface area contributed by atoms with Gasteiger partial charge in [-0.3, -0.25) is 19.8 Å². The second kappa shape index (κ2) is 16.1. The van der Waals surface area contributed by atoms with Gasteiger partial charge in [0, 0.05) is 62.1 Å². The molecular formula is C43H46ClN5O6S. The first-order chi connectivity index (χ1) is 26.8. The molecule has 7 rings (SSSR count). The van der Waals surface area contributed by atoms with Gasteiger partial charge in [-0.05, 0) is 109 Å². The fraction of sp³-hybridized carbons (Fsp3) is 0.326. The van der Waals surface area contributed by atoms with Gasteiger partial charge in [0.1, 0.15) is 17.2 Å². The molecule has 4 aromatic rings. The summed E-state index contributed by atoms with van der Waals surface area (Å²) in [7, 11) is -4.49. The number of nitro benzene ring substituents is 1. The number of nitrogens with zero attached hydrogens (tertiary/aromatic N) is 3. The molecule has 0 aromatic heterocycles. The Morgan fingerprint density at radius 2 is 1.75 bits per heavy atom. The van der Waals surface area contributed by atoms with Crippen LogP contribution in [0.5, 0.6) is 11.5 Å². The van der Waals surface area contributed by atoms with Gasteiger partial charge in [0.2, 0.25) is 0 Å². The van der Waals surface area contributed by atoms with Crippen LogP contribution in [0.15, 0.2) is 95.4 Å². The van der Waals surface area contributed by atoms with Crippen molar-refractivity contribution in [1.29, 1.82) is 0 Å². The zero-order valence-electron chi connectivity index (χ0n) is 31.8. The minimum absolute atomic E-state index is 0.00709. The molecule has 0 saturated carbocycles. The van der Waals surface area contributed by atoms with Gasteiger partial charge >= 0.3 is 0 Å². The van der Waals surface area contributed by atoms with E-state index < -0.39 is 31.4 Å². The third kappa shape index (κ3) is 8.77. The summed E-state index contributed by atoms with van der Waals surface area (Å²) in [4.78, 5) is 29.2. The summed E-state index contributed by atoms with van der Waals surface area (Å²) in [5.41, 5.74) is 7.17. The van der Waals surface area contributed by atoms with E-state index in [4.69, 9.17) is 16.3 Å². The number of carbonyl (C=O) groups is 1. The van der Waals surface area contributed by atoms with Gasteiger partial charge in [0.25, 0.3) is 21.6 Å². The summed E-state index contributed by atoms with van der Waals surface area (Å²) in [6.45, 7) is 10.9. The van der Waals surface area contributed by atoms with Crippen LogP contribution in [0.3, 0.4) is 0 Å². The molecule has 0 bridgehead atoms. The Kier molecular flexibility index (Phi) is 11.3. The van der Waals surface area contributed by atoms with E-state index in [9.17, 15) is 23.3 Å². The number of piperazine rings is 1. The minimum atomic E-state index is -4.49. The van der Waals surface area contributed by atoms with Gasteiger partial charge in [-0.25, -0.2) is 13.1 Å². The van der Waals surface area contributed by atoms with Crippen molar-refractivity contribution >= 4 is 56.2 Å².